The fourth-order valence-corrected chi connectivity index (χ4v) is 2.36. The molecule has 1 rings (SSSR count). The van der Waals surface area contributed by atoms with Gasteiger partial charge in [0.05, 0.1) is 0 Å². The molecule has 0 atom stereocenters. The molecule has 0 unspecified atom stereocenters. The second kappa shape index (κ2) is 2.84. The van der Waals surface area contributed by atoms with Gasteiger partial charge < -0.3 is 4.57 Å². The van der Waals surface area contributed by atoms with Crippen LogP contribution < -0.4 is 0 Å². The van der Waals surface area contributed by atoms with Crippen LogP contribution in [0.5, 0.6) is 0 Å². The quantitative estimate of drug-likeness (QED) is 0.590. The van der Waals surface area contributed by atoms with Crippen LogP contribution in [0.25, 0.3) is 0 Å². The summed E-state index contributed by atoms with van der Waals surface area (Å²) < 4.78 is 3.15. The molecule has 0 aliphatic rings. The molecule has 1 nitrogen and oxygen atoms in total. The van der Waals surface area contributed by atoms with Gasteiger partial charge in [0.2, 0.25) is 0 Å². The summed E-state index contributed by atoms with van der Waals surface area (Å²) in [5, 5.41) is 2.10. The van der Waals surface area contributed by atoms with E-state index in [0.29, 0.717) is 6.04 Å². The Labute approximate surface area is 70.3 Å². The molecule has 3 heteroatoms. The summed E-state index contributed by atoms with van der Waals surface area (Å²) in [6, 6.07) is 0.499. The van der Waals surface area contributed by atoms with Crippen molar-refractivity contribution in [2.75, 3.05) is 0 Å². The van der Waals surface area contributed by atoms with Crippen LogP contribution in [0.2, 0.25) is 0 Å². The zero-order valence-electron chi connectivity index (χ0n) is 6.42. The van der Waals surface area contributed by atoms with Crippen LogP contribution >= 0.6 is 23.6 Å². The van der Waals surface area contributed by atoms with Crippen molar-refractivity contribution in [1.82, 2.24) is 4.57 Å². The number of thiazole rings is 1. The second-order valence-electron chi connectivity index (χ2n) is 2.61. The zero-order chi connectivity index (χ0) is 7.72. The molecule has 0 fully saturated rings. The van der Waals surface area contributed by atoms with Crippen LogP contribution in [0, 0.1) is 10.9 Å². The third-order valence-corrected chi connectivity index (χ3v) is 2.77. The first-order chi connectivity index (χ1) is 4.63. The molecule has 0 saturated heterocycles. The fraction of sp³-hybridized carbons (Fsp3) is 0.571. The summed E-state index contributed by atoms with van der Waals surface area (Å²) >= 11 is 6.77. The highest BCUT2D eigenvalue weighted by molar-refractivity contribution is 7.73. The van der Waals surface area contributed by atoms with Gasteiger partial charge in [-0.25, -0.2) is 0 Å². The number of nitrogens with zero attached hydrogens (tertiary/aromatic N) is 1. The summed E-state index contributed by atoms with van der Waals surface area (Å²) in [7, 11) is 0. The third-order valence-electron chi connectivity index (χ3n) is 1.42. The monoisotopic (exact) mass is 173 g/mol. The van der Waals surface area contributed by atoms with Crippen LogP contribution in [-0.2, 0) is 0 Å². The summed E-state index contributed by atoms with van der Waals surface area (Å²) in [5.74, 6) is 0. The number of rotatable bonds is 1. The van der Waals surface area contributed by atoms with Crippen LogP contribution in [0.3, 0.4) is 0 Å². The van der Waals surface area contributed by atoms with Gasteiger partial charge in [0.15, 0.2) is 3.95 Å². The van der Waals surface area contributed by atoms with Gasteiger partial charge in [0, 0.05) is 17.1 Å². The summed E-state index contributed by atoms with van der Waals surface area (Å²) in [5.41, 5.74) is 1.27. The smallest absolute Gasteiger partial charge is 0.161 e. The van der Waals surface area contributed by atoms with E-state index in [1.807, 2.05) is 0 Å². The Morgan fingerprint density at radius 2 is 2.20 bits per heavy atom. The molecule has 0 radical (unpaired) electrons. The Bertz CT molecular complexity index is 269. The summed E-state index contributed by atoms with van der Waals surface area (Å²) in [6.07, 6.45) is 0. The van der Waals surface area contributed by atoms with Crippen molar-refractivity contribution in [2.45, 2.75) is 26.8 Å². The predicted octanol–water partition coefficient (Wildman–Crippen LogP) is 3.17. The van der Waals surface area contributed by atoms with Crippen molar-refractivity contribution in [3.05, 3.63) is 15.0 Å². The average Bonchev–Trinajstić information content (AvgIpc) is 2.11. The van der Waals surface area contributed by atoms with Gasteiger partial charge in [0.1, 0.15) is 0 Å². The van der Waals surface area contributed by atoms with Gasteiger partial charge in [-0.1, -0.05) is 0 Å². The topological polar surface area (TPSA) is 4.93 Å². The molecule has 0 amide bonds. The molecule has 0 aromatic carbocycles. The van der Waals surface area contributed by atoms with E-state index < -0.39 is 0 Å². The molecular formula is C7H11NS2. The van der Waals surface area contributed by atoms with Gasteiger partial charge in [-0.2, -0.15) is 0 Å². The highest BCUT2D eigenvalue weighted by Gasteiger charge is 2.01. The Morgan fingerprint density at radius 3 is 2.40 bits per heavy atom. The van der Waals surface area contributed by atoms with Crippen molar-refractivity contribution in [3.8, 4) is 0 Å². The van der Waals surface area contributed by atoms with Crippen molar-refractivity contribution >= 4 is 23.6 Å². The maximum atomic E-state index is 5.13. The molecule has 0 aliphatic heterocycles. The molecule has 1 aromatic heterocycles. The Balaban J connectivity index is 3.23. The lowest BCUT2D eigenvalue weighted by atomic mass is 10.4. The number of hydrogen-bond acceptors (Lipinski definition) is 2. The van der Waals surface area contributed by atoms with Gasteiger partial charge in [-0.15, -0.1) is 11.3 Å². The van der Waals surface area contributed by atoms with Gasteiger partial charge in [0.25, 0.3) is 0 Å². The normalized spacial score (nSPS) is 10.8. The Morgan fingerprint density at radius 1 is 1.60 bits per heavy atom. The number of aromatic nitrogens is 1. The minimum absolute atomic E-state index is 0.499. The molecule has 1 heterocycles. The molecule has 0 spiro atoms. The van der Waals surface area contributed by atoms with E-state index in [4.69, 9.17) is 12.2 Å². The zero-order valence-corrected chi connectivity index (χ0v) is 8.05. The maximum Gasteiger partial charge on any atom is 0.161 e. The molecule has 0 saturated carbocycles. The molecule has 0 aliphatic carbocycles. The maximum absolute atomic E-state index is 5.13. The summed E-state index contributed by atoms with van der Waals surface area (Å²) in [4.78, 5) is 0. The highest BCUT2D eigenvalue weighted by atomic mass is 32.1. The van der Waals surface area contributed by atoms with Gasteiger partial charge >= 0.3 is 0 Å². The number of hydrogen-bond donors (Lipinski definition) is 0. The van der Waals surface area contributed by atoms with E-state index in [0.717, 1.165) is 3.95 Å². The van der Waals surface area contributed by atoms with E-state index in [2.05, 4.69) is 30.7 Å². The molecule has 0 N–H and O–H groups in total. The van der Waals surface area contributed by atoms with Crippen molar-refractivity contribution < 1.29 is 0 Å². The minimum atomic E-state index is 0.499. The Hall–Kier alpha value is -0.150. The van der Waals surface area contributed by atoms with Crippen molar-refractivity contribution in [2.24, 2.45) is 0 Å². The molecule has 56 valence electrons. The van der Waals surface area contributed by atoms with Crippen LogP contribution in [0.1, 0.15) is 25.6 Å². The molecular weight excluding hydrogens is 162 g/mol. The molecule has 1 aromatic rings. The van der Waals surface area contributed by atoms with E-state index in [-0.39, 0.29) is 0 Å². The summed E-state index contributed by atoms with van der Waals surface area (Å²) in [6.45, 7) is 6.39. The lowest BCUT2D eigenvalue weighted by Gasteiger charge is -2.08. The largest absolute Gasteiger partial charge is 0.325 e. The van der Waals surface area contributed by atoms with E-state index in [1.165, 1.54) is 5.69 Å². The predicted molar refractivity (Wildman–Crippen MR) is 48.3 cm³/mol. The third kappa shape index (κ3) is 1.30. The second-order valence-corrected chi connectivity index (χ2v) is 4.11. The van der Waals surface area contributed by atoms with Crippen LogP contribution in [0.4, 0.5) is 0 Å². The van der Waals surface area contributed by atoms with Gasteiger partial charge in [-0.3, -0.25) is 0 Å². The SMILES string of the molecule is Cc1csc(=S)n1C(C)C. The lowest BCUT2D eigenvalue weighted by molar-refractivity contribution is 0.585. The van der Waals surface area contributed by atoms with Crippen LogP contribution in [0.15, 0.2) is 5.38 Å². The van der Waals surface area contributed by atoms with E-state index in [9.17, 15) is 0 Å². The molecule has 0 bridgehead atoms. The van der Waals surface area contributed by atoms with E-state index >= 15 is 0 Å². The fourth-order valence-electron chi connectivity index (χ4n) is 1.01. The molecule has 10 heavy (non-hydrogen) atoms. The highest BCUT2D eigenvalue weighted by Crippen LogP contribution is 2.15. The van der Waals surface area contributed by atoms with Gasteiger partial charge in [-0.05, 0) is 33.0 Å². The first kappa shape index (κ1) is 7.95. The Kier molecular flexibility index (Phi) is 2.26. The van der Waals surface area contributed by atoms with Crippen molar-refractivity contribution in [3.63, 3.8) is 0 Å². The first-order valence-corrected chi connectivity index (χ1v) is 4.58. The minimum Gasteiger partial charge on any atom is -0.325 e. The van der Waals surface area contributed by atoms with Crippen LogP contribution in [-0.4, -0.2) is 4.57 Å². The lowest BCUT2D eigenvalue weighted by Crippen LogP contribution is -2.01. The van der Waals surface area contributed by atoms with Crippen molar-refractivity contribution in [1.29, 1.82) is 0 Å². The first-order valence-electron chi connectivity index (χ1n) is 3.29. The average molecular weight is 173 g/mol. The van der Waals surface area contributed by atoms with E-state index in [1.54, 1.807) is 11.3 Å². The number of aryl methyl sites for hydroxylation is 1. The standard InChI is InChI=1S/C7H11NS2/c1-5(2)8-6(3)4-10-7(8)9/h4-5H,1-3H3.